The third-order valence-corrected chi connectivity index (χ3v) is 2.44. The Morgan fingerprint density at radius 1 is 0.941 bits per heavy atom. The minimum atomic E-state index is 0.0889. The molecule has 1 heterocycles. The Morgan fingerprint density at radius 2 is 1.59 bits per heavy atom. The minimum absolute atomic E-state index is 0.0889. The van der Waals surface area contributed by atoms with Crippen molar-refractivity contribution in [1.29, 1.82) is 0 Å². The zero-order valence-electron chi connectivity index (χ0n) is 9.50. The summed E-state index contributed by atoms with van der Waals surface area (Å²) in [5, 5.41) is 12.2. The van der Waals surface area contributed by atoms with E-state index in [1.54, 1.807) is 18.5 Å². The van der Waals surface area contributed by atoms with Crippen molar-refractivity contribution in [1.82, 2.24) is 15.3 Å². The van der Waals surface area contributed by atoms with E-state index in [1.807, 2.05) is 24.3 Å². The third kappa shape index (κ3) is 3.62. The molecule has 2 N–H and O–H groups in total. The molecule has 0 atom stereocenters. The molecule has 0 bridgehead atoms. The molecule has 2 aromatic rings. The summed E-state index contributed by atoms with van der Waals surface area (Å²) in [6.07, 6.45) is 3.47. The normalized spacial score (nSPS) is 10.4. The second-order valence-electron chi connectivity index (χ2n) is 3.74. The van der Waals surface area contributed by atoms with E-state index in [4.69, 9.17) is 5.11 Å². The molecular weight excluding hydrogens is 214 g/mol. The highest BCUT2D eigenvalue weighted by Crippen LogP contribution is 2.04. The fraction of sp³-hybridized carbons (Fsp3) is 0.231. The molecule has 0 fully saturated rings. The van der Waals surface area contributed by atoms with Gasteiger partial charge in [0.1, 0.15) is 5.82 Å². The fourth-order valence-electron chi connectivity index (χ4n) is 1.50. The molecule has 0 aliphatic rings. The minimum Gasteiger partial charge on any atom is -0.392 e. The topological polar surface area (TPSA) is 58.0 Å². The number of aromatic nitrogens is 2. The molecule has 0 saturated carbocycles. The number of rotatable bonds is 5. The number of aliphatic hydroxyl groups excluding tert-OH is 1. The second kappa shape index (κ2) is 6.08. The molecule has 2 rings (SSSR count). The summed E-state index contributed by atoms with van der Waals surface area (Å²) in [6.45, 7) is 1.51. The number of nitrogens with one attached hydrogen (secondary N) is 1. The highest BCUT2D eigenvalue weighted by molar-refractivity contribution is 5.21. The van der Waals surface area contributed by atoms with Crippen LogP contribution in [0.5, 0.6) is 0 Å². The number of hydrogen-bond acceptors (Lipinski definition) is 4. The SMILES string of the molecule is OCc1ccc(CNCc2ncccn2)cc1. The van der Waals surface area contributed by atoms with Crippen LogP contribution in [0, 0.1) is 0 Å². The lowest BCUT2D eigenvalue weighted by Crippen LogP contribution is -2.14. The van der Waals surface area contributed by atoms with Crippen LogP contribution in [0.2, 0.25) is 0 Å². The number of aliphatic hydroxyl groups is 1. The van der Waals surface area contributed by atoms with Gasteiger partial charge in [0, 0.05) is 18.9 Å². The molecule has 88 valence electrons. The van der Waals surface area contributed by atoms with E-state index in [0.29, 0.717) is 6.54 Å². The van der Waals surface area contributed by atoms with Crippen molar-refractivity contribution in [3.63, 3.8) is 0 Å². The largest absolute Gasteiger partial charge is 0.392 e. The van der Waals surface area contributed by atoms with Gasteiger partial charge >= 0.3 is 0 Å². The van der Waals surface area contributed by atoms with Crippen molar-refractivity contribution in [2.75, 3.05) is 0 Å². The summed E-state index contributed by atoms with van der Waals surface area (Å²) >= 11 is 0. The van der Waals surface area contributed by atoms with Gasteiger partial charge in [0.2, 0.25) is 0 Å². The molecule has 0 radical (unpaired) electrons. The molecule has 0 aliphatic carbocycles. The van der Waals surface area contributed by atoms with Gasteiger partial charge in [-0.3, -0.25) is 0 Å². The maximum Gasteiger partial charge on any atom is 0.141 e. The lowest BCUT2D eigenvalue weighted by molar-refractivity contribution is 0.282. The van der Waals surface area contributed by atoms with Gasteiger partial charge in [0.15, 0.2) is 0 Å². The maximum atomic E-state index is 8.92. The lowest BCUT2D eigenvalue weighted by Gasteiger charge is -2.04. The van der Waals surface area contributed by atoms with Crippen LogP contribution in [-0.2, 0) is 19.7 Å². The van der Waals surface area contributed by atoms with Gasteiger partial charge in [0.25, 0.3) is 0 Å². The van der Waals surface area contributed by atoms with E-state index in [2.05, 4.69) is 15.3 Å². The lowest BCUT2D eigenvalue weighted by atomic mass is 10.1. The predicted molar refractivity (Wildman–Crippen MR) is 64.9 cm³/mol. The third-order valence-electron chi connectivity index (χ3n) is 2.44. The zero-order chi connectivity index (χ0) is 11.9. The molecule has 1 aromatic heterocycles. The summed E-state index contributed by atoms with van der Waals surface area (Å²) in [7, 11) is 0. The van der Waals surface area contributed by atoms with Crippen LogP contribution in [0.25, 0.3) is 0 Å². The standard InChI is InChI=1S/C13H15N3O/c17-10-12-4-2-11(3-5-12)8-14-9-13-15-6-1-7-16-13/h1-7,14,17H,8-10H2. The Kier molecular flexibility index (Phi) is 4.18. The number of benzene rings is 1. The monoisotopic (exact) mass is 229 g/mol. The summed E-state index contributed by atoms with van der Waals surface area (Å²) in [5.74, 6) is 0.791. The maximum absolute atomic E-state index is 8.92. The van der Waals surface area contributed by atoms with Crippen molar-refractivity contribution < 1.29 is 5.11 Å². The van der Waals surface area contributed by atoms with Crippen molar-refractivity contribution in [3.05, 3.63) is 59.7 Å². The molecule has 0 saturated heterocycles. The Balaban J connectivity index is 1.82. The first-order valence-corrected chi connectivity index (χ1v) is 5.54. The Labute approximate surface area is 100 Å². The molecule has 1 aromatic carbocycles. The van der Waals surface area contributed by atoms with Crippen LogP contribution in [0.3, 0.4) is 0 Å². The van der Waals surface area contributed by atoms with Crippen LogP contribution in [-0.4, -0.2) is 15.1 Å². The molecule has 0 amide bonds. The number of hydrogen-bond donors (Lipinski definition) is 2. The van der Waals surface area contributed by atoms with Gasteiger partial charge in [-0.05, 0) is 17.2 Å². The van der Waals surface area contributed by atoms with Crippen molar-refractivity contribution in [3.8, 4) is 0 Å². The van der Waals surface area contributed by atoms with Gasteiger partial charge in [-0.2, -0.15) is 0 Å². The van der Waals surface area contributed by atoms with Crippen molar-refractivity contribution in [2.45, 2.75) is 19.7 Å². The van der Waals surface area contributed by atoms with Gasteiger partial charge in [-0.1, -0.05) is 24.3 Å². The van der Waals surface area contributed by atoms with E-state index in [0.717, 1.165) is 17.9 Å². The van der Waals surface area contributed by atoms with Gasteiger partial charge in [-0.15, -0.1) is 0 Å². The molecule has 0 aliphatic heterocycles. The first-order chi connectivity index (χ1) is 8.38. The highest BCUT2D eigenvalue weighted by Gasteiger charge is 1.96. The summed E-state index contributed by atoms with van der Waals surface area (Å²) in [5.41, 5.74) is 2.11. The first kappa shape index (κ1) is 11.7. The molecule has 0 unspecified atom stereocenters. The van der Waals surface area contributed by atoms with Gasteiger partial charge < -0.3 is 10.4 Å². The van der Waals surface area contributed by atoms with Crippen LogP contribution in [0.1, 0.15) is 17.0 Å². The Morgan fingerprint density at radius 3 is 2.24 bits per heavy atom. The van der Waals surface area contributed by atoms with Gasteiger partial charge in [0.05, 0.1) is 13.2 Å². The van der Waals surface area contributed by atoms with Crippen LogP contribution < -0.4 is 5.32 Å². The summed E-state index contributed by atoms with van der Waals surface area (Å²) in [6, 6.07) is 9.66. The van der Waals surface area contributed by atoms with Gasteiger partial charge in [-0.25, -0.2) is 9.97 Å². The average molecular weight is 229 g/mol. The quantitative estimate of drug-likeness (QED) is 0.810. The number of nitrogens with zero attached hydrogens (tertiary/aromatic N) is 2. The van der Waals surface area contributed by atoms with Crippen molar-refractivity contribution in [2.24, 2.45) is 0 Å². The summed E-state index contributed by atoms with van der Waals surface area (Å²) in [4.78, 5) is 8.26. The first-order valence-electron chi connectivity index (χ1n) is 5.54. The van der Waals surface area contributed by atoms with Crippen LogP contribution >= 0.6 is 0 Å². The van der Waals surface area contributed by atoms with Crippen molar-refractivity contribution >= 4 is 0 Å². The molecular formula is C13H15N3O. The Bertz CT molecular complexity index is 442. The second-order valence-corrected chi connectivity index (χ2v) is 3.74. The van der Waals surface area contributed by atoms with E-state index in [9.17, 15) is 0 Å². The zero-order valence-corrected chi connectivity index (χ0v) is 9.50. The Hall–Kier alpha value is -1.78. The van der Waals surface area contributed by atoms with E-state index >= 15 is 0 Å². The molecule has 4 heteroatoms. The summed E-state index contributed by atoms with van der Waals surface area (Å²) < 4.78 is 0. The molecule has 4 nitrogen and oxygen atoms in total. The van der Waals surface area contributed by atoms with E-state index in [1.165, 1.54) is 5.56 Å². The smallest absolute Gasteiger partial charge is 0.141 e. The van der Waals surface area contributed by atoms with E-state index in [-0.39, 0.29) is 6.61 Å². The predicted octanol–water partition coefficient (Wildman–Crippen LogP) is 1.26. The van der Waals surface area contributed by atoms with Crippen LogP contribution in [0.4, 0.5) is 0 Å². The van der Waals surface area contributed by atoms with Crippen LogP contribution in [0.15, 0.2) is 42.7 Å². The fourth-order valence-corrected chi connectivity index (χ4v) is 1.50. The molecule has 17 heavy (non-hydrogen) atoms. The highest BCUT2D eigenvalue weighted by atomic mass is 16.3. The van der Waals surface area contributed by atoms with E-state index < -0.39 is 0 Å². The molecule has 0 spiro atoms. The average Bonchev–Trinajstić information content (AvgIpc) is 2.41.